The molecule has 1 aliphatic rings. The lowest BCUT2D eigenvalue weighted by atomic mass is 10.1. The van der Waals surface area contributed by atoms with Crippen LogP contribution >= 0.6 is 24.0 Å². The highest BCUT2D eigenvalue weighted by Gasteiger charge is 2.24. The Labute approximate surface area is 213 Å². The number of aliphatic hydroxyl groups is 1. The second kappa shape index (κ2) is 14.3. The summed E-state index contributed by atoms with van der Waals surface area (Å²) >= 11 is 0. The molecule has 1 aromatic heterocycles. The monoisotopic (exact) mass is 572 g/mol. The first-order valence-corrected chi connectivity index (χ1v) is 11.4. The number of methoxy groups -OCH3 is 2. The van der Waals surface area contributed by atoms with Gasteiger partial charge in [-0.2, -0.15) is 0 Å². The third-order valence-corrected chi connectivity index (χ3v) is 5.72. The largest absolute Gasteiger partial charge is 0.493 e. The predicted octanol–water partition coefficient (Wildman–Crippen LogP) is 3.73. The molecule has 0 radical (unpaired) electrons. The van der Waals surface area contributed by atoms with E-state index in [1.807, 2.05) is 25.1 Å². The first kappa shape index (κ1) is 27.3. The molecule has 2 unspecified atom stereocenters. The first-order chi connectivity index (χ1) is 15.7. The minimum absolute atomic E-state index is 0. The molecule has 2 atom stereocenters. The molecule has 2 aromatic rings. The molecule has 0 bridgehead atoms. The van der Waals surface area contributed by atoms with Crippen molar-refractivity contribution in [1.29, 1.82) is 0 Å². The Morgan fingerprint density at radius 1 is 1.12 bits per heavy atom. The number of aliphatic imine (C=N–C) groups is 1. The first-order valence-electron chi connectivity index (χ1n) is 11.4. The molecule has 0 saturated carbocycles. The molecule has 9 heteroatoms. The molecule has 0 spiro atoms. The number of hydrogen-bond donors (Lipinski definition) is 3. The fourth-order valence-corrected chi connectivity index (χ4v) is 3.99. The molecule has 1 aliphatic heterocycles. The summed E-state index contributed by atoms with van der Waals surface area (Å²) < 4.78 is 16.3. The number of benzene rings is 1. The summed E-state index contributed by atoms with van der Waals surface area (Å²) in [5.41, 5.74) is 0.743. The van der Waals surface area contributed by atoms with Crippen LogP contribution in [0.25, 0.3) is 0 Å². The number of ether oxygens (including phenoxy) is 2. The lowest BCUT2D eigenvalue weighted by Gasteiger charge is -2.32. The Hall–Kier alpha value is -1.98. The highest BCUT2D eigenvalue weighted by Crippen LogP contribution is 2.30. The van der Waals surface area contributed by atoms with Crippen LogP contribution in [0.5, 0.6) is 11.5 Å². The summed E-state index contributed by atoms with van der Waals surface area (Å²) in [5.74, 6) is 2.83. The molecule has 1 saturated heterocycles. The van der Waals surface area contributed by atoms with Gasteiger partial charge in [0.1, 0.15) is 5.76 Å². The number of nitrogens with one attached hydrogen (secondary N) is 2. The smallest absolute Gasteiger partial charge is 0.191 e. The van der Waals surface area contributed by atoms with Crippen LogP contribution in [0.15, 0.2) is 46.0 Å². The molecule has 0 aliphatic carbocycles. The molecule has 1 aromatic carbocycles. The van der Waals surface area contributed by atoms with Crippen LogP contribution in [0.3, 0.4) is 0 Å². The van der Waals surface area contributed by atoms with Gasteiger partial charge in [0.25, 0.3) is 0 Å². The Balaban J connectivity index is 0.00000385. The summed E-state index contributed by atoms with van der Waals surface area (Å²) in [6, 6.07) is 9.48. The van der Waals surface area contributed by atoms with E-state index < -0.39 is 6.10 Å². The zero-order chi connectivity index (χ0) is 22.8. The van der Waals surface area contributed by atoms with Crippen molar-refractivity contribution >= 4 is 29.9 Å². The van der Waals surface area contributed by atoms with Gasteiger partial charge in [-0.05, 0) is 62.7 Å². The van der Waals surface area contributed by atoms with E-state index in [1.165, 1.54) is 19.3 Å². The van der Waals surface area contributed by atoms with E-state index in [2.05, 4.69) is 15.5 Å². The van der Waals surface area contributed by atoms with E-state index in [-0.39, 0.29) is 30.0 Å². The van der Waals surface area contributed by atoms with Gasteiger partial charge >= 0.3 is 0 Å². The van der Waals surface area contributed by atoms with E-state index in [4.69, 9.17) is 18.9 Å². The maximum Gasteiger partial charge on any atom is 0.191 e. The third kappa shape index (κ3) is 7.79. The van der Waals surface area contributed by atoms with Gasteiger partial charge in [0.05, 0.1) is 39.2 Å². The van der Waals surface area contributed by atoms with Crippen molar-refractivity contribution in [3.8, 4) is 11.5 Å². The average molecular weight is 572 g/mol. The molecule has 3 rings (SSSR count). The summed E-state index contributed by atoms with van der Waals surface area (Å²) in [6.07, 6.45) is 4.69. The Bertz CT molecular complexity index is 841. The second-order valence-corrected chi connectivity index (χ2v) is 7.86. The van der Waals surface area contributed by atoms with Gasteiger partial charge in [-0.25, -0.2) is 0 Å². The minimum Gasteiger partial charge on any atom is -0.493 e. The van der Waals surface area contributed by atoms with Gasteiger partial charge in [-0.15, -0.1) is 24.0 Å². The molecule has 184 valence electrons. The van der Waals surface area contributed by atoms with Crippen LogP contribution in [0, 0.1) is 0 Å². The quantitative estimate of drug-likeness (QED) is 0.227. The lowest BCUT2D eigenvalue weighted by molar-refractivity contribution is 0.150. The lowest BCUT2D eigenvalue weighted by Crippen LogP contribution is -2.41. The highest BCUT2D eigenvalue weighted by molar-refractivity contribution is 14.0. The van der Waals surface area contributed by atoms with Gasteiger partial charge in [-0.1, -0.05) is 12.5 Å². The zero-order valence-electron chi connectivity index (χ0n) is 19.8. The van der Waals surface area contributed by atoms with E-state index in [0.717, 1.165) is 31.0 Å². The van der Waals surface area contributed by atoms with E-state index in [9.17, 15) is 5.11 Å². The fourth-order valence-electron chi connectivity index (χ4n) is 3.99. The standard InChI is InChI=1S/C24H36N4O4.HI/c1-4-25-24(27-17-20(29)18-10-11-22(30-2)23(15-18)31-3)26-16-19(21-9-8-14-32-21)28-12-6-5-7-13-28;/h8-11,14-15,19-20,29H,4-7,12-13,16-17H2,1-3H3,(H2,25,26,27);1H. The SMILES string of the molecule is CCNC(=NCC(c1ccco1)N1CCCCC1)NCC(O)c1ccc(OC)c(OC)c1.I. The maximum atomic E-state index is 10.7. The normalized spacial score (nSPS) is 16.4. The highest BCUT2D eigenvalue weighted by atomic mass is 127. The molecule has 33 heavy (non-hydrogen) atoms. The van der Waals surface area contributed by atoms with Crippen LogP contribution in [0.4, 0.5) is 0 Å². The van der Waals surface area contributed by atoms with Crippen LogP contribution < -0.4 is 20.1 Å². The number of guanidine groups is 1. The molecular weight excluding hydrogens is 535 g/mol. The van der Waals surface area contributed by atoms with Crippen LogP contribution in [-0.4, -0.2) is 62.9 Å². The van der Waals surface area contributed by atoms with Crippen LogP contribution in [0.1, 0.15) is 49.7 Å². The van der Waals surface area contributed by atoms with Crippen molar-refractivity contribution < 1.29 is 19.0 Å². The number of piperidine rings is 1. The molecule has 1 fully saturated rings. The van der Waals surface area contributed by atoms with Gasteiger partial charge in [0.15, 0.2) is 17.5 Å². The van der Waals surface area contributed by atoms with Crippen molar-refractivity contribution in [3.63, 3.8) is 0 Å². The van der Waals surface area contributed by atoms with E-state index in [1.54, 1.807) is 32.6 Å². The number of furan rings is 1. The summed E-state index contributed by atoms with van der Waals surface area (Å²) in [4.78, 5) is 7.26. The third-order valence-electron chi connectivity index (χ3n) is 5.72. The zero-order valence-corrected chi connectivity index (χ0v) is 22.1. The molecule has 3 N–H and O–H groups in total. The van der Waals surface area contributed by atoms with Crippen LogP contribution in [-0.2, 0) is 0 Å². The number of likely N-dealkylation sites (tertiary alicyclic amines) is 1. The summed E-state index contributed by atoms with van der Waals surface area (Å²) in [6.45, 7) is 5.77. The second-order valence-electron chi connectivity index (χ2n) is 7.86. The van der Waals surface area contributed by atoms with Gasteiger partial charge in [-0.3, -0.25) is 9.89 Å². The number of hydrogen-bond acceptors (Lipinski definition) is 6. The van der Waals surface area contributed by atoms with Crippen LogP contribution in [0.2, 0.25) is 0 Å². The topological polar surface area (TPSA) is 91.5 Å². The van der Waals surface area contributed by atoms with Crippen molar-refractivity contribution in [2.45, 2.75) is 38.3 Å². The Kier molecular flexibility index (Phi) is 11.8. The summed E-state index contributed by atoms with van der Waals surface area (Å²) in [7, 11) is 3.18. The number of nitrogens with zero attached hydrogens (tertiary/aromatic N) is 2. The van der Waals surface area contributed by atoms with E-state index >= 15 is 0 Å². The average Bonchev–Trinajstić information content (AvgIpc) is 3.37. The van der Waals surface area contributed by atoms with E-state index in [0.29, 0.717) is 30.5 Å². The Morgan fingerprint density at radius 3 is 2.52 bits per heavy atom. The predicted molar refractivity (Wildman–Crippen MR) is 141 cm³/mol. The Morgan fingerprint density at radius 2 is 1.88 bits per heavy atom. The number of rotatable bonds is 10. The molecule has 0 amide bonds. The van der Waals surface area contributed by atoms with Gasteiger partial charge in [0.2, 0.25) is 0 Å². The minimum atomic E-state index is -0.721. The van der Waals surface area contributed by atoms with Crippen molar-refractivity contribution in [2.75, 3.05) is 46.9 Å². The molecular formula is C24H37IN4O4. The number of halogens is 1. The number of aliphatic hydroxyl groups excluding tert-OH is 1. The van der Waals surface area contributed by atoms with Crippen molar-refractivity contribution in [1.82, 2.24) is 15.5 Å². The summed E-state index contributed by atoms with van der Waals surface area (Å²) in [5, 5.41) is 17.2. The van der Waals surface area contributed by atoms with Crippen molar-refractivity contribution in [2.24, 2.45) is 4.99 Å². The maximum absolute atomic E-state index is 10.7. The molecule has 2 heterocycles. The van der Waals surface area contributed by atoms with Crippen molar-refractivity contribution in [3.05, 3.63) is 47.9 Å². The van der Waals surface area contributed by atoms with Gasteiger partial charge < -0.3 is 29.6 Å². The fraction of sp³-hybridized carbons (Fsp3) is 0.542. The van der Waals surface area contributed by atoms with Gasteiger partial charge in [0, 0.05) is 13.1 Å². The molecule has 8 nitrogen and oxygen atoms in total.